The lowest BCUT2D eigenvalue weighted by molar-refractivity contribution is 0.102. The summed E-state index contributed by atoms with van der Waals surface area (Å²) in [6.45, 7) is 4.11. The molecule has 0 saturated carbocycles. The number of benzene rings is 4. The quantitative estimate of drug-likeness (QED) is 0.304. The average Bonchev–Trinajstić information content (AvgIpc) is 2.89. The van der Waals surface area contributed by atoms with Gasteiger partial charge in [0.25, 0.3) is 5.91 Å². The molecule has 6 nitrogen and oxygen atoms in total. The molecule has 190 valence electrons. The number of carbonyl (C=O) groups excluding carboxylic acids is 1. The summed E-state index contributed by atoms with van der Waals surface area (Å²) >= 11 is 0. The van der Waals surface area contributed by atoms with Gasteiger partial charge in [-0.25, -0.2) is 8.42 Å². The van der Waals surface area contributed by atoms with E-state index in [1.807, 2.05) is 80.6 Å². The van der Waals surface area contributed by atoms with Crippen molar-refractivity contribution >= 4 is 27.3 Å². The zero-order chi connectivity index (χ0) is 26.6. The summed E-state index contributed by atoms with van der Waals surface area (Å²) in [6.07, 6.45) is 1.20. The zero-order valence-corrected chi connectivity index (χ0v) is 22.2. The van der Waals surface area contributed by atoms with E-state index in [1.54, 1.807) is 31.4 Å². The van der Waals surface area contributed by atoms with Crippen molar-refractivity contribution in [1.82, 2.24) is 0 Å². The highest BCUT2D eigenvalue weighted by Gasteiger charge is 2.19. The molecule has 0 bridgehead atoms. The van der Waals surface area contributed by atoms with Crippen LogP contribution in [0.5, 0.6) is 5.75 Å². The second-order valence-corrected chi connectivity index (χ2v) is 10.9. The van der Waals surface area contributed by atoms with Gasteiger partial charge in [0.2, 0.25) is 10.0 Å². The summed E-state index contributed by atoms with van der Waals surface area (Å²) < 4.78 is 31.9. The van der Waals surface area contributed by atoms with Crippen molar-refractivity contribution in [2.24, 2.45) is 0 Å². The normalized spacial score (nSPS) is 11.1. The van der Waals surface area contributed by atoms with Crippen LogP contribution >= 0.6 is 0 Å². The molecule has 0 atom stereocenters. The number of aryl methyl sites for hydroxylation is 2. The van der Waals surface area contributed by atoms with E-state index < -0.39 is 10.0 Å². The molecule has 0 fully saturated rings. The topological polar surface area (TPSA) is 75.7 Å². The van der Waals surface area contributed by atoms with Gasteiger partial charge in [-0.2, -0.15) is 0 Å². The Morgan fingerprint density at radius 1 is 0.838 bits per heavy atom. The van der Waals surface area contributed by atoms with Crippen LogP contribution in [-0.2, 0) is 16.6 Å². The first-order valence-corrected chi connectivity index (χ1v) is 13.7. The number of sulfonamides is 1. The Balaban J connectivity index is 1.54. The van der Waals surface area contributed by atoms with Gasteiger partial charge in [-0.3, -0.25) is 9.10 Å². The van der Waals surface area contributed by atoms with E-state index in [1.165, 1.54) is 10.6 Å². The molecule has 0 aliphatic carbocycles. The van der Waals surface area contributed by atoms with Gasteiger partial charge in [-0.05, 0) is 78.1 Å². The second kappa shape index (κ2) is 10.9. The molecule has 0 aromatic heterocycles. The molecule has 4 rings (SSSR count). The minimum absolute atomic E-state index is 0.163. The highest BCUT2D eigenvalue weighted by atomic mass is 32.2. The maximum atomic E-state index is 13.0. The zero-order valence-electron chi connectivity index (χ0n) is 21.4. The minimum atomic E-state index is -3.51. The van der Waals surface area contributed by atoms with Crippen LogP contribution in [0.15, 0.2) is 91.0 Å². The Hall–Kier alpha value is -4.10. The first kappa shape index (κ1) is 26.0. The van der Waals surface area contributed by atoms with E-state index in [9.17, 15) is 13.2 Å². The lowest BCUT2D eigenvalue weighted by atomic mass is 10.0. The molecule has 7 heteroatoms. The van der Waals surface area contributed by atoms with Gasteiger partial charge >= 0.3 is 0 Å². The molecular formula is C30H30N2O4S. The Kier molecular flexibility index (Phi) is 7.64. The van der Waals surface area contributed by atoms with Gasteiger partial charge in [-0.15, -0.1) is 0 Å². The highest BCUT2D eigenvalue weighted by Crippen LogP contribution is 2.31. The van der Waals surface area contributed by atoms with Crippen molar-refractivity contribution in [2.75, 3.05) is 23.0 Å². The fraction of sp³-hybridized carbons (Fsp3) is 0.167. The van der Waals surface area contributed by atoms with Crippen LogP contribution < -0.4 is 14.4 Å². The number of rotatable bonds is 8. The molecular weight excluding hydrogens is 484 g/mol. The molecule has 0 heterocycles. The van der Waals surface area contributed by atoms with Crippen molar-refractivity contribution in [1.29, 1.82) is 0 Å². The Morgan fingerprint density at radius 2 is 1.54 bits per heavy atom. The number of hydrogen-bond acceptors (Lipinski definition) is 4. The van der Waals surface area contributed by atoms with E-state index in [-0.39, 0.29) is 12.5 Å². The lowest BCUT2D eigenvalue weighted by Gasteiger charge is -2.23. The molecule has 1 N–H and O–H groups in total. The molecule has 0 saturated heterocycles. The number of carbonyl (C=O) groups is 1. The van der Waals surface area contributed by atoms with Crippen molar-refractivity contribution < 1.29 is 17.9 Å². The summed E-state index contributed by atoms with van der Waals surface area (Å²) in [5.74, 6) is 0.269. The molecule has 4 aromatic carbocycles. The SMILES string of the molecule is COc1ccc(-c2ccccc2)cc1NC(=O)c1ccc(CN(c2ccc(C)c(C)c2)S(C)(=O)=O)cc1. The summed E-state index contributed by atoms with van der Waals surface area (Å²) in [7, 11) is -1.95. The summed E-state index contributed by atoms with van der Waals surface area (Å²) in [5, 5.41) is 2.94. The molecule has 0 radical (unpaired) electrons. The maximum absolute atomic E-state index is 13.0. The molecule has 0 aliphatic rings. The molecule has 1 amide bonds. The minimum Gasteiger partial charge on any atom is -0.495 e. The van der Waals surface area contributed by atoms with Crippen molar-refractivity contribution in [2.45, 2.75) is 20.4 Å². The van der Waals surface area contributed by atoms with Crippen LogP contribution in [0, 0.1) is 13.8 Å². The summed E-state index contributed by atoms with van der Waals surface area (Å²) in [6, 6.07) is 28.1. The third-order valence-electron chi connectivity index (χ3n) is 6.28. The second-order valence-electron chi connectivity index (χ2n) is 8.97. The molecule has 0 unspecified atom stereocenters. The lowest BCUT2D eigenvalue weighted by Crippen LogP contribution is -2.29. The summed E-state index contributed by atoms with van der Waals surface area (Å²) in [5.41, 5.74) is 6.50. The van der Waals surface area contributed by atoms with Crippen LogP contribution in [0.25, 0.3) is 11.1 Å². The smallest absolute Gasteiger partial charge is 0.255 e. The Bertz CT molecular complexity index is 1520. The van der Waals surface area contributed by atoms with E-state index in [0.717, 1.165) is 27.8 Å². The Labute approximate surface area is 218 Å². The van der Waals surface area contributed by atoms with Gasteiger partial charge in [0, 0.05) is 5.56 Å². The number of nitrogens with zero attached hydrogens (tertiary/aromatic N) is 1. The highest BCUT2D eigenvalue weighted by molar-refractivity contribution is 7.92. The van der Waals surface area contributed by atoms with E-state index in [2.05, 4.69) is 5.32 Å². The number of methoxy groups -OCH3 is 1. The third-order valence-corrected chi connectivity index (χ3v) is 7.42. The number of nitrogens with one attached hydrogen (secondary N) is 1. The monoisotopic (exact) mass is 514 g/mol. The van der Waals surface area contributed by atoms with Crippen LogP contribution in [0.4, 0.5) is 11.4 Å². The maximum Gasteiger partial charge on any atom is 0.255 e. The van der Waals surface area contributed by atoms with Gasteiger partial charge in [-0.1, -0.05) is 54.6 Å². The standard InChI is InChI=1S/C30H30N2O4S/c1-21-10-16-27(18-22(21)2)32(37(4,34)35)20-23-11-13-25(14-12-23)30(33)31-28-19-26(15-17-29(28)36-3)24-8-6-5-7-9-24/h5-19H,20H2,1-4H3,(H,31,33). The largest absolute Gasteiger partial charge is 0.495 e. The predicted octanol–water partition coefficient (Wildman–Crippen LogP) is 6.20. The Morgan fingerprint density at radius 3 is 2.16 bits per heavy atom. The van der Waals surface area contributed by atoms with Crippen LogP contribution in [0.3, 0.4) is 0 Å². The molecule has 0 aliphatic heterocycles. The van der Waals surface area contributed by atoms with Crippen molar-refractivity contribution in [3.05, 3.63) is 113 Å². The van der Waals surface area contributed by atoms with Gasteiger partial charge in [0.15, 0.2) is 0 Å². The fourth-order valence-corrected chi connectivity index (χ4v) is 4.90. The van der Waals surface area contributed by atoms with Crippen LogP contribution in [-0.4, -0.2) is 27.7 Å². The van der Waals surface area contributed by atoms with Crippen LogP contribution in [0.1, 0.15) is 27.0 Å². The van der Waals surface area contributed by atoms with Gasteiger partial charge < -0.3 is 10.1 Å². The number of anilines is 2. The number of ether oxygens (including phenoxy) is 1. The van der Waals surface area contributed by atoms with Gasteiger partial charge in [0.1, 0.15) is 5.75 Å². The fourth-order valence-electron chi connectivity index (χ4n) is 4.02. The van der Waals surface area contributed by atoms with E-state index >= 15 is 0 Å². The van der Waals surface area contributed by atoms with E-state index in [4.69, 9.17) is 4.74 Å². The number of hydrogen-bond donors (Lipinski definition) is 1. The average molecular weight is 515 g/mol. The molecule has 0 spiro atoms. The number of amides is 1. The first-order valence-electron chi connectivity index (χ1n) is 11.8. The van der Waals surface area contributed by atoms with Crippen LogP contribution in [0.2, 0.25) is 0 Å². The third kappa shape index (κ3) is 6.19. The molecule has 37 heavy (non-hydrogen) atoms. The summed E-state index contributed by atoms with van der Waals surface area (Å²) in [4.78, 5) is 13.0. The predicted molar refractivity (Wildman–Crippen MR) is 150 cm³/mol. The van der Waals surface area contributed by atoms with Crippen molar-refractivity contribution in [3.8, 4) is 16.9 Å². The first-order chi connectivity index (χ1) is 17.7. The van der Waals surface area contributed by atoms with Crippen molar-refractivity contribution in [3.63, 3.8) is 0 Å². The van der Waals surface area contributed by atoms with E-state index in [0.29, 0.717) is 22.7 Å². The van der Waals surface area contributed by atoms with Gasteiger partial charge in [0.05, 0.1) is 31.3 Å². The molecule has 4 aromatic rings.